The Bertz CT molecular complexity index is 214. The first-order valence-corrected chi connectivity index (χ1v) is 5.43. The van der Waals surface area contributed by atoms with Crippen LogP contribution in [0, 0.1) is 0 Å². The van der Waals surface area contributed by atoms with Crippen molar-refractivity contribution in [2.24, 2.45) is 5.73 Å². The van der Waals surface area contributed by atoms with E-state index in [9.17, 15) is 4.79 Å². The second-order valence-corrected chi connectivity index (χ2v) is 4.17. The highest BCUT2D eigenvalue weighted by Crippen LogP contribution is 2.16. The molecule has 0 aliphatic carbocycles. The van der Waals surface area contributed by atoms with Crippen molar-refractivity contribution in [3.8, 4) is 0 Å². The molecule has 0 bridgehead atoms. The van der Waals surface area contributed by atoms with Crippen LogP contribution in [0.5, 0.6) is 0 Å². The Labute approximate surface area is 84.4 Å². The lowest BCUT2D eigenvalue weighted by Crippen LogP contribution is -2.50. The Kier molecular flexibility index (Phi) is 3.03. The zero-order chi connectivity index (χ0) is 9.97. The zero-order valence-corrected chi connectivity index (χ0v) is 8.45. The third-order valence-corrected chi connectivity index (χ3v) is 3.02. The van der Waals surface area contributed by atoms with Gasteiger partial charge in [0.25, 0.3) is 0 Å². The van der Waals surface area contributed by atoms with E-state index in [1.54, 1.807) is 0 Å². The largest absolute Gasteiger partial charge is 0.376 e. The fraction of sp³-hybridized carbons (Fsp3) is 0.900. The van der Waals surface area contributed by atoms with E-state index < -0.39 is 0 Å². The summed E-state index contributed by atoms with van der Waals surface area (Å²) in [6.45, 7) is 2.44. The lowest BCUT2D eigenvalue weighted by Gasteiger charge is -2.32. The number of carbonyl (C=O) groups excluding carboxylic acids is 1. The molecule has 0 aromatic carbocycles. The number of piperidine rings is 1. The number of carbonyl (C=O) groups is 1. The number of likely N-dealkylation sites (tertiary alicyclic amines) is 1. The first kappa shape index (κ1) is 9.93. The van der Waals surface area contributed by atoms with Crippen LogP contribution in [0.2, 0.25) is 0 Å². The second kappa shape index (κ2) is 4.28. The lowest BCUT2D eigenvalue weighted by molar-refractivity contribution is -0.136. The van der Waals surface area contributed by atoms with Gasteiger partial charge in [-0.3, -0.25) is 4.79 Å². The monoisotopic (exact) mass is 198 g/mol. The Morgan fingerprint density at radius 3 is 3.00 bits per heavy atom. The predicted molar refractivity (Wildman–Crippen MR) is 52.8 cm³/mol. The maximum Gasteiger partial charge on any atom is 0.239 e. The molecular weight excluding hydrogens is 180 g/mol. The molecule has 2 fully saturated rings. The van der Waals surface area contributed by atoms with Gasteiger partial charge in [-0.1, -0.05) is 0 Å². The molecule has 2 heterocycles. The first-order chi connectivity index (χ1) is 6.77. The van der Waals surface area contributed by atoms with E-state index in [1.807, 2.05) is 4.90 Å². The molecule has 2 aliphatic rings. The van der Waals surface area contributed by atoms with Crippen LogP contribution in [-0.4, -0.2) is 42.6 Å². The minimum atomic E-state index is -0.273. The quantitative estimate of drug-likeness (QED) is 0.685. The van der Waals surface area contributed by atoms with Crippen molar-refractivity contribution < 1.29 is 9.53 Å². The summed E-state index contributed by atoms with van der Waals surface area (Å²) in [4.78, 5) is 13.5. The molecule has 4 heteroatoms. The van der Waals surface area contributed by atoms with Crippen LogP contribution in [0.15, 0.2) is 0 Å². The molecular formula is C10H18N2O2. The summed E-state index contributed by atoms with van der Waals surface area (Å²) < 4.78 is 5.50. The number of nitrogens with zero attached hydrogens (tertiary/aromatic N) is 1. The van der Waals surface area contributed by atoms with Gasteiger partial charge in [-0.15, -0.1) is 0 Å². The highest BCUT2D eigenvalue weighted by atomic mass is 16.5. The van der Waals surface area contributed by atoms with Gasteiger partial charge < -0.3 is 15.4 Å². The van der Waals surface area contributed by atoms with E-state index in [-0.39, 0.29) is 18.1 Å². The van der Waals surface area contributed by atoms with Crippen molar-refractivity contribution in [1.82, 2.24) is 4.90 Å². The minimum absolute atomic E-state index is 0.103. The van der Waals surface area contributed by atoms with Gasteiger partial charge >= 0.3 is 0 Å². The number of hydrogen-bond acceptors (Lipinski definition) is 3. The molecule has 2 N–H and O–H groups in total. The topological polar surface area (TPSA) is 55.6 Å². The van der Waals surface area contributed by atoms with Crippen molar-refractivity contribution in [1.29, 1.82) is 0 Å². The summed E-state index contributed by atoms with van der Waals surface area (Å²) in [6.07, 6.45) is 4.32. The van der Waals surface area contributed by atoms with Gasteiger partial charge in [0.1, 0.15) is 0 Å². The van der Waals surface area contributed by atoms with Crippen molar-refractivity contribution in [2.75, 3.05) is 19.7 Å². The van der Waals surface area contributed by atoms with Crippen LogP contribution in [-0.2, 0) is 9.53 Å². The van der Waals surface area contributed by atoms with Crippen LogP contribution in [0.25, 0.3) is 0 Å². The normalized spacial score (nSPS) is 33.8. The van der Waals surface area contributed by atoms with Crippen LogP contribution < -0.4 is 5.73 Å². The van der Waals surface area contributed by atoms with Gasteiger partial charge in [0.2, 0.25) is 5.91 Å². The smallest absolute Gasteiger partial charge is 0.239 e. The fourth-order valence-electron chi connectivity index (χ4n) is 2.19. The van der Waals surface area contributed by atoms with Crippen LogP contribution in [0.3, 0.4) is 0 Å². The minimum Gasteiger partial charge on any atom is -0.376 e. The fourth-order valence-corrected chi connectivity index (χ4v) is 2.19. The molecule has 0 aromatic rings. The van der Waals surface area contributed by atoms with Crippen molar-refractivity contribution in [2.45, 2.75) is 37.8 Å². The Hall–Kier alpha value is -0.610. The van der Waals surface area contributed by atoms with Crippen LogP contribution >= 0.6 is 0 Å². The summed E-state index contributed by atoms with van der Waals surface area (Å²) in [5, 5.41) is 0. The van der Waals surface area contributed by atoms with E-state index in [4.69, 9.17) is 10.5 Å². The number of hydrogen-bond donors (Lipinski definition) is 1. The molecule has 4 nitrogen and oxygen atoms in total. The van der Waals surface area contributed by atoms with Gasteiger partial charge in [-0.2, -0.15) is 0 Å². The molecule has 0 radical (unpaired) electrons. The number of amides is 1. The molecule has 0 spiro atoms. The first-order valence-electron chi connectivity index (χ1n) is 5.43. The number of ether oxygens (including phenoxy) is 1. The van der Waals surface area contributed by atoms with E-state index in [0.29, 0.717) is 0 Å². The maximum atomic E-state index is 11.7. The lowest BCUT2D eigenvalue weighted by atomic mass is 10.1. The molecule has 2 unspecified atom stereocenters. The van der Waals surface area contributed by atoms with Crippen molar-refractivity contribution in [3.63, 3.8) is 0 Å². The Morgan fingerprint density at radius 2 is 2.29 bits per heavy atom. The van der Waals surface area contributed by atoms with Crippen molar-refractivity contribution >= 4 is 5.91 Å². The third-order valence-electron chi connectivity index (χ3n) is 3.02. The number of rotatable bonds is 2. The molecule has 0 saturated carbocycles. The second-order valence-electron chi connectivity index (χ2n) is 4.17. The molecule has 2 aliphatic heterocycles. The summed E-state index contributed by atoms with van der Waals surface area (Å²) in [5.41, 5.74) is 5.71. The standard InChI is InChI=1S/C10H18N2O2/c11-9-4-1-5-12(10(9)13)7-8-3-2-6-14-8/h8-9H,1-7,11H2. The van der Waals surface area contributed by atoms with Crippen molar-refractivity contribution in [3.05, 3.63) is 0 Å². The van der Waals surface area contributed by atoms with Gasteiger partial charge in [0.05, 0.1) is 12.1 Å². The maximum absolute atomic E-state index is 11.7. The summed E-state index contributed by atoms with van der Waals surface area (Å²) in [7, 11) is 0. The molecule has 1 amide bonds. The predicted octanol–water partition coefficient (Wildman–Crippen LogP) is 0.115. The summed E-state index contributed by atoms with van der Waals surface area (Å²) >= 11 is 0. The van der Waals surface area contributed by atoms with Crippen LogP contribution in [0.1, 0.15) is 25.7 Å². The van der Waals surface area contributed by atoms with Gasteiger partial charge in [0, 0.05) is 19.7 Å². The van der Waals surface area contributed by atoms with Gasteiger partial charge in [-0.05, 0) is 25.7 Å². The van der Waals surface area contributed by atoms with Gasteiger partial charge in [-0.25, -0.2) is 0 Å². The van der Waals surface area contributed by atoms with E-state index >= 15 is 0 Å². The molecule has 2 saturated heterocycles. The number of nitrogens with two attached hydrogens (primary N) is 1. The van der Waals surface area contributed by atoms with E-state index in [0.717, 1.165) is 45.4 Å². The van der Waals surface area contributed by atoms with E-state index in [2.05, 4.69) is 0 Å². The molecule has 14 heavy (non-hydrogen) atoms. The third kappa shape index (κ3) is 2.07. The molecule has 0 aromatic heterocycles. The average Bonchev–Trinajstić information content (AvgIpc) is 2.66. The molecule has 2 rings (SSSR count). The molecule has 2 atom stereocenters. The van der Waals surface area contributed by atoms with Gasteiger partial charge in [0.15, 0.2) is 0 Å². The highest BCUT2D eigenvalue weighted by Gasteiger charge is 2.28. The summed E-state index contributed by atoms with van der Waals surface area (Å²) in [6, 6.07) is -0.273. The highest BCUT2D eigenvalue weighted by molar-refractivity contribution is 5.82. The average molecular weight is 198 g/mol. The zero-order valence-electron chi connectivity index (χ0n) is 8.45. The SMILES string of the molecule is NC1CCCN(CC2CCCO2)C1=O. The van der Waals surface area contributed by atoms with E-state index in [1.165, 1.54) is 0 Å². The Balaban J connectivity index is 1.86. The van der Waals surface area contributed by atoms with Crippen LogP contribution in [0.4, 0.5) is 0 Å². The summed E-state index contributed by atoms with van der Waals surface area (Å²) in [5.74, 6) is 0.103. The Morgan fingerprint density at radius 1 is 1.43 bits per heavy atom. The molecule has 80 valence electrons.